The predicted molar refractivity (Wildman–Crippen MR) is 112 cm³/mol. The van der Waals surface area contributed by atoms with E-state index >= 15 is 0 Å². The van der Waals surface area contributed by atoms with Crippen molar-refractivity contribution in [2.24, 2.45) is 34.5 Å². The van der Waals surface area contributed by atoms with Crippen molar-refractivity contribution in [1.82, 2.24) is 0 Å². The molecule has 4 aliphatic carbocycles. The van der Waals surface area contributed by atoms with Crippen LogP contribution in [0.25, 0.3) is 0 Å². The molecule has 2 radical (unpaired) electrons. The standard InChI is InChI=1S/C25H42O3/c1-5-6-7-15(2)18-8-9-19-23-20(14-22(28)25(18,19)4)24(3)11-10-17(26)12-16(24)13-21(23)27/h15,17-22,26-28H,5-14H2,1-4H3. The van der Waals surface area contributed by atoms with Crippen LogP contribution in [0.15, 0.2) is 0 Å². The molecule has 9 unspecified atom stereocenters. The summed E-state index contributed by atoms with van der Waals surface area (Å²) in [6.45, 7) is 9.35. The van der Waals surface area contributed by atoms with Gasteiger partial charge in [-0.1, -0.05) is 47.0 Å². The van der Waals surface area contributed by atoms with Crippen molar-refractivity contribution in [1.29, 1.82) is 0 Å². The monoisotopic (exact) mass is 390 g/mol. The number of hydrogen-bond acceptors (Lipinski definition) is 3. The van der Waals surface area contributed by atoms with Crippen LogP contribution in [0.4, 0.5) is 0 Å². The molecule has 4 aliphatic rings. The van der Waals surface area contributed by atoms with Gasteiger partial charge in [0.2, 0.25) is 0 Å². The van der Waals surface area contributed by atoms with Gasteiger partial charge in [-0.15, -0.1) is 0 Å². The maximum atomic E-state index is 11.5. The van der Waals surface area contributed by atoms with Gasteiger partial charge in [0.25, 0.3) is 0 Å². The average molecular weight is 391 g/mol. The molecule has 0 heterocycles. The van der Waals surface area contributed by atoms with Crippen molar-refractivity contribution < 1.29 is 15.3 Å². The Kier molecular flexibility index (Phi) is 5.69. The van der Waals surface area contributed by atoms with Gasteiger partial charge in [0.1, 0.15) is 0 Å². The SMILES string of the molecule is CCCCC(C)C1CCC2[C]3C(O)C[C]4CC(O)CCC4(C)C3CC(O)C21C. The van der Waals surface area contributed by atoms with Crippen LogP contribution >= 0.6 is 0 Å². The first-order valence-electron chi connectivity index (χ1n) is 12.0. The highest BCUT2D eigenvalue weighted by molar-refractivity contribution is 5.32. The fourth-order valence-electron chi connectivity index (χ4n) is 8.16. The Morgan fingerprint density at radius 3 is 2.50 bits per heavy atom. The summed E-state index contributed by atoms with van der Waals surface area (Å²) in [5, 5.41) is 32.9. The van der Waals surface area contributed by atoms with Crippen LogP contribution in [0.1, 0.15) is 91.9 Å². The molecule has 0 bridgehead atoms. The van der Waals surface area contributed by atoms with Gasteiger partial charge in [0.05, 0.1) is 18.3 Å². The van der Waals surface area contributed by atoms with E-state index in [0.717, 1.165) is 38.5 Å². The molecular weight excluding hydrogens is 348 g/mol. The Morgan fingerprint density at radius 1 is 1.04 bits per heavy atom. The Labute approximate surface area is 172 Å². The molecule has 0 aliphatic heterocycles. The molecule has 160 valence electrons. The van der Waals surface area contributed by atoms with Crippen LogP contribution < -0.4 is 0 Å². The molecule has 28 heavy (non-hydrogen) atoms. The van der Waals surface area contributed by atoms with Crippen LogP contribution in [0, 0.1) is 46.3 Å². The van der Waals surface area contributed by atoms with Crippen LogP contribution in [0.2, 0.25) is 0 Å². The molecule has 9 atom stereocenters. The number of aliphatic hydroxyl groups is 3. The highest BCUT2D eigenvalue weighted by atomic mass is 16.3. The van der Waals surface area contributed by atoms with Gasteiger partial charge in [0, 0.05) is 11.3 Å². The van der Waals surface area contributed by atoms with Gasteiger partial charge in [-0.2, -0.15) is 0 Å². The molecule has 0 saturated heterocycles. The predicted octanol–water partition coefficient (Wildman–Crippen LogP) is 4.69. The Morgan fingerprint density at radius 2 is 1.79 bits per heavy atom. The second-order valence-electron chi connectivity index (χ2n) is 11.2. The molecule has 0 spiro atoms. The van der Waals surface area contributed by atoms with Gasteiger partial charge >= 0.3 is 0 Å². The number of hydrogen-bond donors (Lipinski definition) is 3. The highest BCUT2D eigenvalue weighted by Crippen LogP contribution is 2.69. The second-order valence-corrected chi connectivity index (χ2v) is 11.2. The zero-order valence-electron chi connectivity index (χ0n) is 18.5. The lowest BCUT2D eigenvalue weighted by molar-refractivity contribution is -0.121. The van der Waals surface area contributed by atoms with Crippen molar-refractivity contribution in [3.05, 3.63) is 11.8 Å². The topological polar surface area (TPSA) is 60.7 Å². The lowest BCUT2D eigenvalue weighted by Crippen LogP contribution is -2.61. The zero-order chi connectivity index (χ0) is 20.3. The molecular formula is C25H42O3. The first-order chi connectivity index (χ1) is 13.2. The van der Waals surface area contributed by atoms with E-state index in [1.807, 2.05) is 0 Å². The van der Waals surface area contributed by atoms with Gasteiger partial charge in [-0.25, -0.2) is 0 Å². The molecule has 0 aromatic rings. The molecule has 3 N–H and O–H groups in total. The Balaban J connectivity index is 1.62. The second kappa shape index (κ2) is 7.54. The third-order valence-electron chi connectivity index (χ3n) is 9.88. The summed E-state index contributed by atoms with van der Waals surface area (Å²) in [5.41, 5.74) is -0.0238. The van der Waals surface area contributed by atoms with Crippen molar-refractivity contribution in [3.63, 3.8) is 0 Å². The summed E-state index contributed by atoms with van der Waals surface area (Å²) in [6.07, 6.45) is 9.32. The Hall–Kier alpha value is -0.120. The number of aliphatic hydroxyl groups excluding tert-OH is 3. The van der Waals surface area contributed by atoms with Gasteiger partial charge in [-0.3, -0.25) is 0 Å². The quantitative estimate of drug-likeness (QED) is 0.652. The van der Waals surface area contributed by atoms with E-state index in [4.69, 9.17) is 0 Å². The highest BCUT2D eigenvalue weighted by Gasteiger charge is 2.66. The lowest BCUT2D eigenvalue weighted by Gasteiger charge is -2.63. The van der Waals surface area contributed by atoms with Crippen molar-refractivity contribution in [2.45, 2.75) is 110 Å². The van der Waals surface area contributed by atoms with Gasteiger partial charge in [0.15, 0.2) is 0 Å². The third-order valence-corrected chi connectivity index (χ3v) is 9.88. The smallest absolute Gasteiger partial charge is 0.0614 e. The molecule has 4 saturated carbocycles. The molecule has 4 rings (SSSR count). The first-order valence-corrected chi connectivity index (χ1v) is 12.0. The summed E-state index contributed by atoms with van der Waals surface area (Å²) in [6, 6.07) is 0. The molecule has 0 amide bonds. The van der Waals surface area contributed by atoms with E-state index in [1.54, 1.807) is 0 Å². The molecule has 3 nitrogen and oxygen atoms in total. The maximum absolute atomic E-state index is 11.5. The minimum atomic E-state index is -0.375. The minimum Gasteiger partial charge on any atom is -0.393 e. The molecule has 0 aromatic heterocycles. The number of fused-ring (bicyclic) bond motifs is 5. The third kappa shape index (κ3) is 3.02. The lowest BCUT2D eigenvalue weighted by atomic mass is 9.43. The molecule has 3 heteroatoms. The van der Waals surface area contributed by atoms with E-state index in [-0.39, 0.29) is 35.1 Å². The van der Waals surface area contributed by atoms with E-state index in [9.17, 15) is 15.3 Å². The fourth-order valence-corrected chi connectivity index (χ4v) is 8.16. The van der Waals surface area contributed by atoms with Crippen molar-refractivity contribution in [2.75, 3.05) is 0 Å². The zero-order valence-corrected chi connectivity index (χ0v) is 18.5. The summed E-state index contributed by atoms with van der Waals surface area (Å²) in [7, 11) is 0. The van der Waals surface area contributed by atoms with Crippen LogP contribution in [0.5, 0.6) is 0 Å². The molecule has 4 fully saturated rings. The number of unbranched alkanes of at least 4 members (excludes halogenated alkanes) is 1. The van der Waals surface area contributed by atoms with Crippen LogP contribution in [0.3, 0.4) is 0 Å². The summed E-state index contributed by atoms with van der Waals surface area (Å²) in [5.74, 6) is 4.58. The van der Waals surface area contributed by atoms with Crippen molar-refractivity contribution >= 4 is 0 Å². The normalized spacial score (nSPS) is 50.7. The number of rotatable bonds is 4. The Bertz CT molecular complexity index is 564. The largest absolute Gasteiger partial charge is 0.393 e. The average Bonchev–Trinajstić information content (AvgIpc) is 3.01. The van der Waals surface area contributed by atoms with E-state index < -0.39 is 0 Å². The minimum absolute atomic E-state index is 0.0576. The summed E-state index contributed by atoms with van der Waals surface area (Å²) < 4.78 is 0. The van der Waals surface area contributed by atoms with Gasteiger partial charge in [-0.05, 0) is 80.0 Å². The molecule has 0 aromatic carbocycles. The van der Waals surface area contributed by atoms with Crippen LogP contribution in [-0.2, 0) is 0 Å². The fraction of sp³-hybridized carbons (Fsp3) is 0.920. The maximum Gasteiger partial charge on any atom is 0.0614 e. The summed E-state index contributed by atoms with van der Waals surface area (Å²) in [4.78, 5) is 0. The van der Waals surface area contributed by atoms with Crippen LogP contribution in [-0.4, -0.2) is 33.6 Å². The first kappa shape index (κ1) is 21.1. The van der Waals surface area contributed by atoms with E-state index in [1.165, 1.54) is 37.5 Å². The van der Waals surface area contributed by atoms with Crippen molar-refractivity contribution in [3.8, 4) is 0 Å². The summed E-state index contributed by atoms with van der Waals surface area (Å²) >= 11 is 0. The van der Waals surface area contributed by atoms with Gasteiger partial charge < -0.3 is 15.3 Å². The van der Waals surface area contributed by atoms with E-state index in [2.05, 4.69) is 27.7 Å². The van der Waals surface area contributed by atoms with E-state index in [0.29, 0.717) is 17.8 Å².